The van der Waals surface area contributed by atoms with E-state index in [1.807, 2.05) is 18.2 Å². The van der Waals surface area contributed by atoms with Gasteiger partial charge in [-0.05, 0) is 18.5 Å². The van der Waals surface area contributed by atoms with Crippen LogP contribution in [0.4, 0.5) is 0 Å². The minimum atomic E-state index is 0.546. The van der Waals surface area contributed by atoms with Gasteiger partial charge in [0.2, 0.25) is 5.88 Å². The van der Waals surface area contributed by atoms with Crippen molar-refractivity contribution < 1.29 is 9.47 Å². The summed E-state index contributed by atoms with van der Waals surface area (Å²) in [5.74, 6) is 1.23. The van der Waals surface area contributed by atoms with Gasteiger partial charge >= 0.3 is 0 Å². The number of hydrogen-bond acceptors (Lipinski definition) is 4. The zero-order chi connectivity index (χ0) is 13.2. The summed E-state index contributed by atoms with van der Waals surface area (Å²) < 4.78 is 11.0. The number of aromatic nitrogens is 1. The van der Waals surface area contributed by atoms with E-state index in [-0.39, 0.29) is 0 Å². The molecule has 4 nitrogen and oxygen atoms in total. The zero-order valence-corrected chi connectivity index (χ0v) is 11.6. The van der Waals surface area contributed by atoms with Crippen molar-refractivity contribution in [1.29, 1.82) is 0 Å². The second-order valence-electron chi connectivity index (χ2n) is 4.56. The highest BCUT2D eigenvalue weighted by Crippen LogP contribution is 2.07. The van der Waals surface area contributed by atoms with Gasteiger partial charge in [-0.1, -0.05) is 26.8 Å². The Morgan fingerprint density at radius 3 is 2.83 bits per heavy atom. The fraction of sp³-hybridized carbons (Fsp3) is 0.643. The first-order valence-corrected chi connectivity index (χ1v) is 6.59. The maximum atomic E-state index is 5.54. The van der Waals surface area contributed by atoms with Gasteiger partial charge in [-0.3, -0.25) is 0 Å². The van der Waals surface area contributed by atoms with Crippen LogP contribution in [-0.4, -0.2) is 31.3 Å². The molecule has 1 aromatic heterocycles. The summed E-state index contributed by atoms with van der Waals surface area (Å²) in [7, 11) is 0. The highest BCUT2D eigenvalue weighted by atomic mass is 16.5. The normalized spacial score (nSPS) is 10.9. The van der Waals surface area contributed by atoms with Crippen LogP contribution in [0.15, 0.2) is 18.2 Å². The van der Waals surface area contributed by atoms with Crippen LogP contribution >= 0.6 is 0 Å². The molecular weight excluding hydrogens is 228 g/mol. The Morgan fingerprint density at radius 2 is 2.11 bits per heavy atom. The van der Waals surface area contributed by atoms with Crippen LogP contribution < -0.4 is 10.1 Å². The van der Waals surface area contributed by atoms with E-state index in [2.05, 4.69) is 31.1 Å². The van der Waals surface area contributed by atoms with E-state index in [1.165, 1.54) is 0 Å². The van der Waals surface area contributed by atoms with E-state index < -0.39 is 0 Å². The fourth-order valence-electron chi connectivity index (χ4n) is 1.41. The van der Waals surface area contributed by atoms with E-state index in [0.717, 1.165) is 25.4 Å². The highest BCUT2D eigenvalue weighted by molar-refractivity contribution is 5.15. The predicted octanol–water partition coefficient (Wildman–Crippen LogP) is 2.24. The van der Waals surface area contributed by atoms with E-state index in [1.54, 1.807) is 0 Å². The van der Waals surface area contributed by atoms with E-state index in [9.17, 15) is 0 Å². The van der Waals surface area contributed by atoms with Gasteiger partial charge in [0.05, 0.1) is 12.3 Å². The van der Waals surface area contributed by atoms with Crippen LogP contribution in [0.2, 0.25) is 0 Å². The summed E-state index contributed by atoms with van der Waals surface area (Å²) in [5, 5.41) is 3.24. The minimum absolute atomic E-state index is 0.546. The summed E-state index contributed by atoms with van der Waals surface area (Å²) >= 11 is 0. The zero-order valence-electron chi connectivity index (χ0n) is 11.6. The monoisotopic (exact) mass is 252 g/mol. The molecule has 0 unspecified atom stereocenters. The molecule has 4 heteroatoms. The molecule has 1 heterocycles. The Bertz CT molecular complexity index is 329. The van der Waals surface area contributed by atoms with Crippen molar-refractivity contribution in [3.63, 3.8) is 0 Å². The van der Waals surface area contributed by atoms with E-state index in [0.29, 0.717) is 25.0 Å². The molecule has 0 spiro atoms. The van der Waals surface area contributed by atoms with Gasteiger partial charge in [-0.15, -0.1) is 0 Å². The Hall–Kier alpha value is -1.13. The molecule has 102 valence electrons. The van der Waals surface area contributed by atoms with Crippen LogP contribution in [0.5, 0.6) is 5.88 Å². The Kier molecular flexibility index (Phi) is 7.37. The summed E-state index contributed by atoms with van der Waals surface area (Å²) in [6, 6.07) is 5.83. The molecule has 1 rings (SSSR count). The third kappa shape index (κ3) is 6.57. The molecule has 0 aliphatic carbocycles. The molecule has 0 fully saturated rings. The predicted molar refractivity (Wildman–Crippen MR) is 72.8 cm³/mol. The SMILES string of the molecule is CCNCc1cccc(OCCOCC(C)C)n1. The Morgan fingerprint density at radius 1 is 1.28 bits per heavy atom. The lowest BCUT2D eigenvalue weighted by molar-refractivity contribution is 0.0805. The summed E-state index contributed by atoms with van der Waals surface area (Å²) in [6.45, 7) is 9.98. The third-order valence-corrected chi connectivity index (χ3v) is 2.27. The van der Waals surface area contributed by atoms with E-state index >= 15 is 0 Å². The quantitative estimate of drug-likeness (QED) is 0.685. The Balaban J connectivity index is 2.24. The minimum Gasteiger partial charge on any atom is -0.475 e. The van der Waals surface area contributed by atoms with Crippen molar-refractivity contribution in [1.82, 2.24) is 10.3 Å². The Labute approximate surface area is 110 Å². The molecule has 0 aliphatic rings. The third-order valence-electron chi connectivity index (χ3n) is 2.27. The van der Waals surface area contributed by atoms with Crippen LogP contribution in [0.25, 0.3) is 0 Å². The van der Waals surface area contributed by atoms with Crippen LogP contribution in [0.3, 0.4) is 0 Å². The summed E-state index contributed by atoms with van der Waals surface area (Å²) in [5.41, 5.74) is 0.998. The molecule has 0 amide bonds. The molecule has 1 aromatic rings. The van der Waals surface area contributed by atoms with Gasteiger partial charge in [0.15, 0.2) is 0 Å². The second kappa shape index (κ2) is 8.89. The van der Waals surface area contributed by atoms with Crippen molar-refractivity contribution in [3.8, 4) is 5.88 Å². The average Bonchev–Trinajstić information content (AvgIpc) is 2.36. The van der Waals surface area contributed by atoms with Gasteiger partial charge < -0.3 is 14.8 Å². The number of pyridine rings is 1. The second-order valence-corrected chi connectivity index (χ2v) is 4.56. The largest absolute Gasteiger partial charge is 0.475 e. The first kappa shape index (κ1) is 14.9. The topological polar surface area (TPSA) is 43.4 Å². The van der Waals surface area contributed by atoms with Crippen molar-refractivity contribution in [3.05, 3.63) is 23.9 Å². The molecule has 0 aliphatic heterocycles. The van der Waals surface area contributed by atoms with Crippen molar-refractivity contribution in [2.45, 2.75) is 27.3 Å². The molecular formula is C14H24N2O2. The molecule has 18 heavy (non-hydrogen) atoms. The van der Waals surface area contributed by atoms with Gasteiger partial charge in [0.25, 0.3) is 0 Å². The lowest BCUT2D eigenvalue weighted by Gasteiger charge is -2.09. The van der Waals surface area contributed by atoms with Crippen LogP contribution in [0.1, 0.15) is 26.5 Å². The van der Waals surface area contributed by atoms with Crippen LogP contribution in [0, 0.1) is 5.92 Å². The first-order valence-electron chi connectivity index (χ1n) is 6.59. The van der Waals surface area contributed by atoms with Gasteiger partial charge in [-0.25, -0.2) is 4.98 Å². The lowest BCUT2D eigenvalue weighted by Crippen LogP contribution is -2.14. The molecule has 0 aromatic carbocycles. The first-order chi connectivity index (χ1) is 8.72. The molecule has 0 bridgehead atoms. The lowest BCUT2D eigenvalue weighted by atomic mass is 10.2. The smallest absolute Gasteiger partial charge is 0.213 e. The average molecular weight is 252 g/mol. The highest BCUT2D eigenvalue weighted by Gasteiger charge is 1.99. The molecule has 0 saturated heterocycles. The fourth-order valence-corrected chi connectivity index (χ4v) is 1.41. The number of hydrogen-bond donors (Lipinski definition) is 1. The van der Waals surface area contributed by atoms with Gasteiger partial charge in [-0.2, -0.15) is 0 Å². The maximum absolute atomic E-state index is 5.54. The number of rotatable bonds is 9. The number of ether oxygens (including phenoxy) is 2. The van der Waals surface area contributed by atoms with E-state index in [4.69, 9.17) is 9.47 Å². The number of nitrogens with one attached hydrogen (secondary N) is 1. The summed E-state index contributed by atoms with van der Waals surface area (Å²) in [6.07, 6.45) is 0. The molecule has 0 radical (unpaired) electrons. The van der Waals surface area contributed by atoms with Crippen molar-refractivity contribution >= 4 is 0 Å². The molecule has 0 saturated carbocycles. The maximum Gasteiger partial charge on any atom is 0.213 e. The number of nitrogens with zero attached hydrogens (tertiary/aromatic N) is 1. The van der Waals surface area contributed by atoms with Crippen molar-refractivity contribution in [2.75, 3.05) is 26.4 Å². The van der Waals surface area contributed by atoms with Crippen LogP contribution in [-0.2, 0) is 11.3 Å². The summed E-state index contributed by atoms with van der Waals surface area (Å²) in [4.78, 5) is 4.40. The molecule has 1 N–H and O–H groups in total. The van der Waals surface area contributed by atoms with Gasteiger partial charge in [0.1, 0.15) is 6.61 Å². The standard InChI is InChI=1S/C14H24N2O2/c1-4-15-10-13-6-5-7-14(16-13)18-9-8-17-11-12(2)3/h5-7,12,15H,4,8-11H2,1-3H3. The molecule has 0 atom stereocenters. The van der Waals surface area contributed by atoms with Gasteiger partial charge in [0, 0.05) is 19.2 Å². The van der Waals surface area contributed by atoms with Crippen molar-refractivity contribution in [2.24, 2.45) is 5.92 Å².